The molecule has 2 amide bonds. The molecule has 0 aromatic rings. The summed E-state index contributed by atoms with van der Waals surface area (Å²) in [6, 6.07) is -1.52. The molecule has 6 saturated carbocycles. The number of likely N-dealkylation sites (N-methyl/N-ethyl adjacent to an activating group) is 1. The third kappa shape index (κ3) is 9.43. The Morgan fingerprint density at radius 1 is 1.04 bits per heavy atom. The topological polar surface area (TPSA) is 167 Å². The molecule has 6 aliphatic carbocycles. The molecule has 7 fully saturated rings. The van der Waals surface area contributed by atoms with Crippen LogP contribution in [0.4, 0.5) is 0 Å². The SMILES string of the molecule is COC1C(CN2O[C@@H](CO)[C@H]([C@H](C)O)[C@H]2C(=O)N[C@H]2C[C@H]3C[C@@H]([C@@H]2C)C3(C)C)CCCC1C1CC(C(=O)N[C@H](CC2CCCCC2)CN(C)C)CC([N+](=O)[O-])C1. The minimum absolute atomic E-state index is 0.00543. The quantitative estimate of drug-likeness (QED) is 0.136. The maximum absolute atomic E-state index is 14.3. The third-order valence-electron chi connectivity index (χ3n) is 16.0. The first-order valence-electron chi connectivity index (χ1n) is 22.3. The molecule has 13 nitrogen and oxygen atoms in total. The zero-order valence-electron chi connectivity index (χ0n) is 35.4. The van der Waals surface area contributed by atoms with E-state index < -0.39 is 36.1 Å². The van der Waals surface area contributed by atoms with Gasteiger partial charge in [0.1, 0.15) is 12.1 Å². The van der Waals surface area contributed by atoms with Gasteiger partial charge in [-0.05, 0) is 100 Å². The van der Waals surface area contributed by atoms with E-state index in [1.807, 2.05) is 14.1 Å². The van der Waals surface area contributed by atoms with Crippen LogP contribution >= 0.6 is 0 Å². The van der Waals surface area contributed by atoms with Crippen molar-refractivity contribution in [2.24, 2.45) is 58.7 Å². The van der Waals surface area contributed by atoms with Crippen molar-refractivity contribution in [2.75, 3.05) is 40.9 Å². The number of carbonyl (C=O) groups is 2. The van der Waals surface area contributed by atoms with Gasteiger partial charge in [0, 0.05) is 67.8 Å². The van der Waals surface area contributed by atoms with E-state index in [2.05, 4.69) is 36.3 Å². The first-order chi connectivity index (χ1) is 26.6. The van der Waals surface area contributed by atoms with Crippen molar-refractivity contribution in [3.63, 3.8) is 0 Å². The van der Waals surface area contributed by atoms with Crippen molar-refractivity contribution in [1.29, 1.82) is 0 Å². The number of rotatable bonds is 15. The van der Waals surface area contributed by atoms with Crippen LogP contribution in [-0.4, -0.2) is 120 Å². The lowest BCUT2D eigenvalue weighted by Gasteiger charge is -2.62. The van der Waals surface area contributed by atoms with Gasteiger partial charge in [-0.15, -0.1) is 0 Å². The van der Waals surface area contributed by atoms with E-state index in [0.29, 0.717) is 43.1 Å². The van der Waals surface area contributed by atoms with Gasteiger partial charge >= 0.3 is 0 Å². The summed E-state index contributed by atoms with van der Waals surface area (Å²) in [4.78, 5) is 49.1. The number of carbonyl (C=O) groups excluding carboxylic acids is 2. The Morgan fingerprint density at radius 3 is 2.38 bits per heavy atom. The van der Waals surface area contributed by atoms with Gasteiger partial charge in [0.2, 0.25) is 17.9 Å². The largest absolute Gasteiger partial charge is 0.394 e. The maximum atomic E-state index is 14.3. The maximum Gasteiger partial charge on any atom is 0.240 e. The number of fused-ring (bicyclic) bond motifs is 2. The summed E-state index contributed by atoms with van der Waals surface area (Å²) >= 11 is 0. The number of aliphatic hydroxyl groups is 2. The highest BCUT2D eigenvalue weighted by molar-refractivity contribution is 5.83. The molecule has 320 valence electrons. The molecule has 56 heavy (non-hydrogen) atoms. The summed E-state index contributed by atoms with van der Waals surface area (Å²) < 4.78 is 6.30. The Bertz CT molecular complexity index is 1340. The number of aliphatic hydroxyl groups excluding tert-OH is 2. The molecule has 1 aliphatic heterocycles. The molecule has 0 radical (unpaired) electrons. The number of hydrogen-bond acceptors (Lipinski definition) is 10. The van der Waals surface area contributed by atoms with Crippen molar-refractivity contribution in [3.05, 3.63) is 10.1 Å². The van der Waals surface area contributed by atoms with Crippen LogP contribution in [0.5, 0.6) is 0 Å². The lowest BCUT2D eigenvalue weighted by atomic mass is 9.45. The van der Waals surface area contributed by atoms with E-state index >= 15 is 0 Å². The molecule has 7 rings (SSSR count). The number of ether oxygens (including phenoxy) is 1. The van der Waals surface area contributed by atoms with Gasteiger partial charge in [0.25, 0.3) is 0 Å². The van der Waals surface area contributed by atoms with Crippen LogP contribution in [0.1, 0.15) is 118 Å². The van der Waals surface area contributed by atoms with Crippen LogP contribution in [0.15, 0.2) is 0 Å². The minimum Gasteiger partial charge on any atom is -0.394 e. The molecule has 0 aromatic carbocycles. The highest BCUT2D eigenvalue weighted by atomic mass is 16.7. The van der Waals surface area contributed by atoms with Crippen LogP contribution in [0.25, 0.3) is 0 Å². The van der Waals surface area contributed by atoms with Crippen molar-refractivity contribution >= 4 is 11.8 Å². The fourth-order valence-electron chi connectivity index (χ4n) is 12.9. The second kappa shape index (κ2) is 18.6. The number of hydroxylamine groups is 2. The van der Waals surface area contributed by atoms with Crippen molar-refractivity contribution < 1.29 is 34.3 Å². The number of nitrogens with one attached hydrogen (secondary N) is 2. The Labute approximate surface area is 335 Å². The Morgan fingerprint density at radius 2 is 1.77 bits per heavy atom. The van der Waals surface area contributed by atoms with E-state index in [-0.39, 0.29) is 71.1 Å². The van der Waals surface area contributed by atoms with Crippen LogP contribution in [0.3, 0.4) is 0 Å². The van der Waals surface area contributed by atoms with E-state index in [1.54, 1.807) is 19.1 Å². The molecule has 1 heterocycles. The fraction of sp³-hybridized carbons (Fsp3) is 0.953. The van der Waals surface area contributed by atoms with Crippen LogP contribution in [0.2, 0.25) is 0 Å². The molecule has 6 unspecified atom stereocenters. The zero-order chi connectivity index (χ0) is 40.5. The van der Waals surface area contributed by atoms with Crippen molar-refractivity contribution in [1.82, 2.24) is 20.6 Å². The number of nitro groups is 1. The summed E-state index contributed by atoms with van der Waals surface area (Å²) in [7, 11) is 5.76. The predicted molar refractivity (Wildman–Crippen MR) is 214 cm³/mol. The second-order valence-corrected chi connectivity index (χ2v) is 20.1. The van der Waals surface area contributed by atoms with Crippen LogP contribution < -0.4 is 10.6 Å². The molecule has 15 atom stereocenters. The Kier molecular flexibility index (Phi) is 14.5. The van der Waals surface area contributed by atoms with E-state index in [1.165, 1.54) is 38.5 Å². The molecule has 1 saturated heterocycles. The average Bonchev–Trinajstić information content (AvgIpc) is 3.53. The average molecular weight is 790 g/mol. The molecule has 13 heteroatoms. The van der Waals surface area contributed by atoms with Gasteiger partial charge in [-0.1, -0.05) is 59.3 Å². The molecular formula is C43H75N5O8. The number of hydrogen-bond donors (Lipinski definition) is 4. The number of nitrogens with zero attached hydrogens (tertiary/aromatic N) is 3. The second-order valence-electron chi connectivity index (χ2n) is 20.1. The van der Waals surface area contributed by atoms with Crippen molar-refractivity contribution in [2.45, 2.75) is 160 Å². The summed E-state index contributed by atoms with van der Waals surface area (Å²) in [6.45, 7) is 9.38. The monoisotopic (exact) mass is 790 g/mol. The minimum atomic E-state index is -0.884. The lowest BCUT2D eigenvalue weighted by molar-refractivity contribution is -0.529. The summed E-state index contributed by atoms with van der Waals surface area (Å²) in [5.41, 5.74) is 0.283. The van der Waals surface area contributed by atoms with Gasteiger partial charge < -0.3 is 30.5 Å². The third-order valence-corrected chi connectivity index (χ3v) is 16.0. The Hall–Kier alpha value is -1.90. The van der Waals surface area contributed by atoms with Gasteiger partial charge in [0.15, 0.2) is 0 Å². The number of amides is 2. The van der Waals surface area contributed by atoms with Gasteiger partial charge in [-0.3, -0.25) is 24.5 Å². The normalized spacial score (nSPS) is 40.1. The molecule has 4 N–H and O–H groups in total. The standard InChI is InChI=1S/C43H75N5O8/c1-25-35-20-31(43(35,3)4)21-36(25)45-42(52)39-38(26(2)50)37(24-49)56-47(39)22-28-14-11-15-34(40(28)55-7)29-17-30(19-33(18-29)48(53)54)41(51)44-32(23-46(5)6)16-27-12-9-8-10-13-27/h25-40,49-50H,8-24H2,1-7H3,(H,44,51)(H,45,52)/t25-,26-,28?,29?,30?,31+,32+,33?,34?,35-,36-,37-,38-,39-,40?/m0/s1. The smallest absolute Gasteiger partial charge is 0.240 e. The van der Waals surface area contributed by atoms with Crippen molar-refractivity contribution in [3.8, 4) is 0 Å². The summed E-state index contributed by atoms with van der Waals surface area (Å²) in [6.07, 6.45) is 11.2. The Balaban J connectivity index is 1.16. The van der Waals surface area contributed by atoms with Gasteiger partial charge in [0.05, 0.1) is 18.8 Å². The highest BCUT2D eigenvalue weighted by Crippen LogP contribution is 2.61. The molecule has 7 aliphatic rings. The predicted octanol–water partition coefficient (Wildman–Crippen LogP) is 4.66. The van der Waals surface area contributed by atoms with E-state index in [0.717, 1.165) is 38.6 Å². The van der Waals surface area contributed by atoms with E-state index in [9.17, 15) is 29.9 Å². The van der Waals surface area contributed by atoms with Crippen LogP contribution in [0, 0.1) is 68.8 Å². The number of methoxy groups -OCH3 is 1. The molecule has 2 bridgehead atoms. The van der Waals surface area contributed by atoms with Gasteiger partial charge in [-0.25, -0.2) is 0 Å². The fourth-order valence-corrected chi connectivity index (χ4v) is 12.9. The van der Waals surface area contributed by atoms with Gasteiger partial charge in [-0.2, -0.15) is 5.06 Å². The highest BCUT2D eigenvalue weighted by Gasteiger charge is 2.58. The molecule has 0 spiro atoms. The zero-order valence-corrected chi connectivity index (χ0v) is 35.4. The molecule has 0 aromatic heterocycles. The first kappa shape index (κ1) is 43.7. The van der Waals surface area contributed by atoms with E-state index in [4.69, 9.17) is 9.57 Å². The molecular weight excluding hydrogens is 714 g/mol. The van der Waals surface area contributed by atoms with Crippen LogP contribution in [-0.2, 0) is 19.2 Å². The first-order valence-corrected chi connectivity index (χ1v) is 22.3. The summed E-state index contributed by atoms with van der Waals surface area (Å²) in [5.74, 6) is 0.681. The summed E-state index contributed by atoms with van der Waals surface area (Å²) in [5, 5.41) is 42.3. The lowest BCUT2D eigenvalue weighted by Crippen LogP contribution is -2.62.